The van der Waals surface area contributed by atoms with Crippen molar-refractivity contribution in [3.05, 3.63) is 84.1 Å². The molecule has 0 unspecified atom stereocenters. The quantitative estimate of drug-likeness (QED) is 0.413. The van der Waals surface area contributed by atoms with E-state index in [0.717, 1.165) is 0 Å². The predicted octanol–water partition coefficient (Wildman–Crippen LogP) is 5.34. The maximum absolute atomic E-state index is 13.1. The smallest absolute Gasteiger partial charge is 0.293 e. The van der Waals surface area contributed by atoms with Crippen molar-refractivity contribution in [3.8, 4) is 11.5 Å². The normalized spacial score (nSPS) is 10.6. The molecule has 2 N–H and O–H groups in total. The molecule has 7 nitrogen and oxygen atoms in total. The molecule has 7 heteroatoms. The molecule has 32 heavy (non-hydrogen) atoms. The second-order valence-corrected chi connectivity index (χ2v) is 6.87. The van der Waals surface area contributed by atoms with Crippen molar-refractivity contribution in [1.29, 1.82) is 0 Å². The molecule has 2 amide bonds. The minimum absolute atomic E-state index is 0.00579. The fourth-order valence-corrected chi connectivity index (χ4v) is 3.31. The average molecular weight is 430 g/mol. The number of carbonyl (C=O) groups is 2. The van der Waals surface area contributed by atoms with Crippen molar-refractivity contribution in [2.45, 2.75) is 6.92 Å². The Morgan fingerprint density at radius 3 is 2.50 bits per heavy atom. The van der Waals surface area contributed by atoms with Crippen LogP contribution in [0.1, 0.15) is 27.8 Å². The van der Waals surface area contributed by atoms with Crippen LogP contribution in [0, 0.1) is 0 Å². The number of methoxy groups -OCH3 is 1. The zero-order valence-corrected chi connectivity index (χ0v) is 17.7. The summed E-state index contributed by atoms with van der Waals surface area (Å²) in [5, 5.41) is 6.26. The lowest BCUT2D eigenvalue weighted by atomic mass is 10.1. The monoisotopic (exact) mass is 430 g/mol. The Labute approximate surface area is 184 Å². The molecule has 0 saturated carbocycles. The first-order valence-electron chi connectivity index (χ1n) is 10.1. The van der Waals surface area contributed by atoms with Gasteiger partial charge in [-0.15, -0.1) is 0 Å². The molecule has 0 aliphatic heterocycles. The van der Waals surface area contributed by atoms with E-state index >= 15 is 0 Å². The van der Waals surface area contributed by atoms with Crippen LogP contribution in [0.25, 0.3) is 11.0 Å². The number of anilines is 2. The number of benzene rings is 3. The Morgan fingerprint density at radius 2 is 1.69 bits per heavy atom. The van der Waals surface area contributed by atoms with Crippen LogP contribution in [0.4, 0.5) is 11.4 Å². The number of nitrogens with one attached hydrogen (secondary N) is 2. The van der Waals surface area contributed by atoms with E-state index in [2.05, 4.69) is 10.6 Å². The Hall–Kier alpha value is -4.26. The van der Waals surface area contributed by atoms with Gasteiger partial charge in [-0.3, -0.25) is 9.59 Å². The molecule has 162 valence electrons. The molecule has 0 atom stereocenters. The summed E-state index contributed by atoms with van der Waals surface area (Å²) in [6.07, 6.45) is 0. The van der Waals surface area contributed by atoms with E-state index in [1.54, 1.807) is 60.7 Å². The van der Waals surface area contributed by atoms with E-state index < -0.39 is 5.91 Å². The van der Waals surface area contributed by atoms with Gasteiger partial charge in [0.1, 0.15) is 22.8 Å². The van der Waals surface area contributed by atoms with Crippen molar-refractivity contribution in [1.82, 2.24) is 0 Å². The van der Waals surface area contributed by atoms with Crippen molar-refractivity contribution >= 4 is 34.2 Å². The Balaban J connectivity index is 1.69. The second-order valence-electron chi connectivity index (χ2n) is 6.87. The molecule has 4 aromatic rings. The molecule has 0 bridgehead atoms. The standard InChI is InChI=1S/C25H22N2O5/c1-3-31-21-14-7-5-12-19(21)26-25(29)23-22(18-11-4-6-13-20(18)32-23)27-24(28)16-9-8-10-17(15-16)30-2/h4-15H,3H2,1-2H3,(H,26,29)(H,27,28). The Bertz CT molecular complexity index is 1280. The summed E-state index contributed by atoms with van der Waals surface area (Å²) < 4.78 is 16.6. The number of ether oxygens (including phenoxy) is 2. The first-order chi connectivity index (χ1) is 15.6. The van der Waals surface area contributed by atoms with E-state index in [1.807, 2.05) is 19.1 Å². The summed E-state index contributed by atoms with van der Waals surface area (Å²) in [4.78, 5) is 26.1. The van der Waals surface area contributed by atoms with E-state index in [-0.39, 0.29) is 11.7 Å². The molecule has 1 aromatic heterocycles. The van der Waals surface area contributed by atoms with Gasteiger partial charge in [0.05, 0.1) is 19.4 Å². The minimum Gasteiger partial charge on any atom is -0.497 e. The van der Waals surface area contributed by atoms with Crippen molar-refractivity contribution < 1.29 is 23.5 Å². The lowest BCUT2D eigenvalue weighted by Crippen LogP contribution is -2.17. The van der Waals surface area contributed by atoms with Gasteiger partial charge in [0, 0.05) is 10.9 Å². The topological polar surface area (TPSA) is 89.8 Å². The third-order valence-electron chi connectivity index (χ3n) is 4.81. The van der Waals surface area contributed by atoms with Crippen LogP contribution in [0.5, 0.6) is 11.5 Å². The van der Waals surface area contributed by atoms with Crippen molar-refractivity contribution in [2.75, 3.05) is 24.4 Å². The fraction of sp³-hybridized carbons (Fsp3) is 0.120. The van der Waals surface area contributed by atoms with Gasteiger partial charge in [0.25, 0.3) is 11.8 Å². The lowest BCUT2D eigenvalue weighted by Gasteiger charge is -2.11. The van der Waals surface area contributed by atoms with Crippen LogP contribution in [0.15, 0.2) is 77.2 Å². The number of rotatable bonds is 7. The third kappa shape index (κ3) is 4.27. The maximum atomic E-state index is 13.1. The number of amides is 2. The largest absolute Gasteiger partial charge is 0.497 e. The highest BCUT2D eigenvalue weighted by Crippen LogP contribution is 2.33. The van der Waals surface area contributed by atoms with Gasteiger partial charge in [-0.1, -0.05) is 30.3 Å². The summed E-state index contributed by atoms with van der Waals surface area (Å²) in [6.45, 7) is 2.32. The molecule has 4 rings (SSSR count). The number of carbonyl (C=O) groups excluding carboxylic acids is 2. The number of furan rings is 1. The molecule has 1 heterocycles. The van der Waals surface area contributed by atoms with Crippen LogP contribution in [-0.2, 0) is 0 Å². The van der Waals surface area contributed by atoms with E-state index in [9.17, 15) is 9.59 Å². The highest BCUT2D eigenvalue weighted by Gasteiger charge is 2.23. The molecular formula is C25H22N2O5. The average Bonchev–Trinajstić information content (AvgIpc) is 3.19. The van der Waals surface area contributed by atoms with Crippen molar-refractivity contribution in [3.63, 3.8) is 0 Å². The lowest BCUT2D eigenvalue weighted by molar-refractivity contribution is 0.0999. The van der Waals surface area contributed by atoms with Crippen LogP contribution in [-0.4, -0.2) is 25.5 Å². The molecule has 0 aliphatic carbocycles. The molecule has 0 aliphatic rings. The molecule has 0 spiro atoms. The van der Waals surface area contributed by atoms with Crippen LogP contribution in [0.2, 0.25) is 0 Å². The predicted molar refractivity (Wildman–Crippen MR) is 123 cm³/mol. The highest BCUT2D eigenvalue weighted by molar-refractivity contribution is 6.17. The van der Waals surface area contributed by atoms with Gasteiger partial charge in [-0.25, -0.2) is 0 Å². The van der Waals surface area contributed by atoms with Gasteiger partial charge in [0.2, 0.25) is 5.76 Å². The Kier molecular flexibility index (Phi) is 6.07. The van der Waals surface area contributed by atoms with Gasteiger partial charge in [0.15, 0.2) is 0 Å². The summed E-state index contributed by atoms with van der Waals surface area (Å²) in [5.41, 5.74) is 1.67. The van der Waals surface area contributed by atoms with Gasteiger partial charge >= 0.3 is 0 Å². The fourth-order valence-electron chi connectivity index (χ4n) is 3.31. The van der Waals surface area contributed by atoms with Gasteiger partial charge < -0.3 is 24.5 Å². The number of fused-ring (bicyclic) bond motifs is 1. The number of hydrogen-bond donors (Lipinski definition) is 2. The first kappa shape index (κ1) is 21.0. The Morgan fingerprint density at radius 1 is 0.906 bits per heavy atom. The van der Waals surface area contributed by atoms with Crippen LogP contribution >= 0.6 is 0 Å². The second kappa shape index (κ2) is 9.26. The SMILES string of the molecule is CCOc1ccccc1NC(=O)c1oc2ccccc2c1NC(=O)c1cccc(OC)c1. The molecule has 0 fully saturated rings. The molecule has 0 saturated heterocycles. The summed E-state index contributed by atoms with van der Waals surface area (Å²) in [6, 6.07) is 21.0. The summed E-state index contributed by atoms with van der Waals surface area (Å²) in [5.74, 6) is 0.198. The van der Waals surface area contributed by atoms with Crippen LogP contribution in [0.3, 0.4) is 0 Å². The van der Waals surface area contributed by atoms with Gasteiger partial charge in [-0.2, -0.15) is 0 Å². The molecular weight excluding hydrogens is 408 g/mol. The molecule has 3 aromatic carbocycles. The van der Waals surface area contributed by atoms with Gasteiger partial charge in [-0.05, 0) is 49.4 Å². The highest BCUT2D eigenvalue weighted by atomic mass is 16.5. The van der Waals surface area contributed by atoms with E-state index in [1.165, 1.54) is 7.11 Å². The molecule has 0 radical (unpaired) electrons. The minimum atomic E-state index is -0.505. The first-order valence-corrected chi connectivity index (χ1v) is 10.1. The van der Waals surface area contributed by atoms with Crippen molar-refractivity contribution in [2.24, 2.45) is 0 Å². The number of hydrogen-bond acceptors (Lipinski definition) is 5. The number of para-hydroxylation sites is 3. The van der Waals surface area contributed by atoms with E-state index in [4.69, 9.17) is 13.9 Å². The zero-order chi connectivity index (χ0) is 22.5. The summed E-state index contributed by atoms with van der Waals surface area (Å²) >= 11 is 0. The zero-order valence-electron chi connectivity index (χ0n) is 17.7. The van der Waals surface area contributed by atoms with E-state index in [0.29, 0.717) is 46.0 Å². The third-order valence-corrected chi connectivity index (χ3v) is 4.81. The summed E-state index contributed by atoms with van der Waals surface area (Å²) in [7, 11) is 1.53. The maximum Gasteiger partial charge on any atom is 0.293 e. The van der Waals surface area contributed by atoms with Crippen LogP contribution < -0.4 is 20.1 Å².